The van der Waals surface area contributed by atoms with Gasteiger partial charge in [-0.05, 0) is 48.0 Å². The molecule has 3 aromatic rings. The molecule has 0 unspecified atom stereocenters. The van der Waals surface area contributed by atoms with E-state index in [1.54, 1.807) is 0 Å². The number of carbonyl (C=O) groups excluding carboxylic acids is 1. The maximum atomic E-state index is 13.1. The lowest BCUT2D eigenvalue weighted by molar-refractivity contribution is -0.137. The summed E-state index contributed by atoms with van der Waals surface area (Å²) < 4.78 is 63.2. The number of benzene rings is 2. The number of rotatable bonds is 6. The van der Waals surface area contributed by atoms with E-state index in [4.69, 9.17) is 0 Å². The van der Waals surface area contributed by atoms with Crippen molar-refractivity contribution in [3.63, 3.8) is 0 Å². The highest BCUT2D eigenvalue weighted by molar-refractivity contribution is 7.90. The van der Waals surface area contributed by atoms with Crippen molar-refractivity contribution in [3.8, 4) is 5.69 Å². The minimum atomic E-state index is -4.64. The number of alkyl halides is 3. The molecule has 0 spiro atoms. The van der Waals surface area contributed by atoms with Crippen LogP contribution in [0.5, 0.6) is 0 Å². The van der Waals surface area contributed by atoms with Gasteiger partial charge in [0.2, 0.25) is 0 Å². The van der Waals surface area contributed by atoms with Gasteiger partial charge in [0.1, 0.15) is 5.56 Å². The highest BCUT2D eigenvalue weighted by atomic mass is 32.2. The van der Waals surface area contributed by atoms with Gasteiger partial charge in [0.15, 0.2) is 9.84 Å². The van der Waals surface area contributed by atoms with E-state index < -0.39 is 39.7 Å². The van der Waals surface area contributed by atoms with Crippen LogP contribution in [0.25, 0.3) is 5.69 Å². The zero-order valence-corrected chi connectivity index (χ0v) is 18.1. The average Bonchev–Trinajstić information content (AvgIpc) is 2.76. The number of hydrogen-bond acceptors (Lipinski definition) is 5. The second-order valence-electron chi connectivity index (χ2n) is 7.18. The molecule has 33 heavy (non-hydrogen) atoms. The van der Waals surface area contributed by atoms with Crippen molar-refractivity contribution in [3.05, 3.63) is 93.4 Å². The summed E-state index contributed by atoms with van der Waals surface area (Å²) in [4.78, 5) is 25.7. The van der Waals surface area contributed by atoms with Gasteiger partial charge in [0.25, 0.3) is 11.5 Å². The number of aromatic nitrogens is 1. The lowest BCUT2D eigenvalue weighted by Gasteiger charge is -2.15. The number of sulfone groups is 1. The van der Waals surface area contributed by atoms with Gasteiger partial charge in [-0.15, -0.1) is 0 Å². The molecule has 0 fully saturated rings. The van der Waals surface area contributed by atoms with Gasteiger partial charge in [0.05, 0.1) is 22.8 Å². The number of aliphatic hydroxyl groups is 1. The average molecular weight is 480 g/mol. The molecule has 0 aliphatic rings. The Morgan fingerprint density at radius 2 is 1.73 bits per heavy atom. The molecule has 7 nitrogen and oxygen atoms in total. The molecule has 2 N–H and O–H groups in total. The second-order valence-corrected chi connectivity index (χ2v) is 9.20. The summed E-state index contributed by atoms with van der Waals surface area (Å²) >= 11 is 0. The standard InChI is InChI=1S/C22H19F3N2O5S/c1-33(31,32)18-8-5-14(6-9-18)12-26-20(29)19-10-7-17(13-28)27(21(19)30)16-4-2-3-15(11-16)22(23,24)25/h2-11,28H,12-13H2,1H3,(H,26,29). The van der Waals surface area contributed by atoms with E-state index in [1.165, 1.54) is 42.5 Å². The van der Waals surface area contributed by atoms with Crippen LogP contribution in [0.1, 0.15) is 27.2 Å². The topological polar surface area (TPSA) is 105 Å². The van der Waals surface area contributed by atoms with Crippen LogP contribution in [0.4, 0.5) is 13.2 Å². The molecule has 0 radical (unpaired) electrons. The molecule has 0 aliphatic heterocycles. The van der Waals surface area contributed by atoms with Gasteiger partial charge in [-0.25, -0.2) is 8.42 Å². The minimum Gasteiger partial charge on any atom is -0.390 e. The van der Waals surface area contributed by atoms with Crippen LogP contribution in [0.15, 0.2) is 70.4 Å². The van der Waals surface area contributed by atoms with Crippen LogP contribution >= 0.6 is 0 Å². The third-order valence-corrected chi connectivity index (χ3v) is 5.93. The first-order valence-electron chi connectivity index (χ1n) is 9.52. The van der Waals surface area contributed by atoms with Crippen molar-refractivity contribution in [2.75, 3.05) is 6.26 Å². The minimum absolute atomic E-state index is 0.00670. The van der Waals surface area contributed by atoms with Crippen molar-refractivity contribution in [1.82, 2.24) is 9.88 Å². The molecule has 0 aliphatic carbocycles. The Morgan fingerprint density at radius 3 is 2.30 bits per heavy atom. The fourth-order valence-electron chi connectivity index (χ4n) is 3.11. The number of pyridine rings is 1. The van der Waals surface area contributed by atoms with E-state index in [1.807, 2.05) is 0 Å². The molecule has 0 saturated carbocycles. The number of carbonyl (C=O) groups is 1. The summed E-state index contributed by atoms with van der Waals surface area (Å²) in [6, 6.07) is 12.2. The molecule has 1 heterocycles. The fraction of sp³-hybridized carbons (Fsp3) is 0.182. The van der Waals surface area contributed by atoms with E-state index in [-0.39, 0.29) is 28.4 Å². The summed E-state index contributed by atoms with van der Waals surface area (Å²) in [5.41, 5.74) is -1.79. The normalized spacial score (nSPS) is 11.9. The molecule has 1 amide bonds. The fourth-order valence-corrected chi connectivity index (χ4v) is 3.74. The predicted octanol–water partition coefficient (Wildman–Crippen LogP) is 2.68. The van der Waals surface area contributed by atoms with Crippen molar-refractivity contribution in [2.24, 2.45) is 0 Å². The van der Waals surface area contributed by atoms with E-state index >= 15 is 0 Å². The Hall–Kier alpha value is -3.44. The Balaban J connectivity index is 1.90. The van der Waals surface area contributed by atoms with E-state index in [0.717, 1.165) is 29.0 Å². The Morgan fingerprint density at radius 1 is 1.06 bits per heavy atom. The van der Waals surface area contributed by atoms with Crippen LogP contribution < -0.4 is 10.9 Å². The summed E-state index contributed by atoms with van der Waals surface area (Å²) in [7, 11) is -3.37. The van der Waals surface area contributed by atoms with Gasteiger partial charge >= 0.3 is 6.18 Å². The molecular formula is C22H19F3N2O5S. The van der Waals surface area contributed by atoms with Gasteiger partial charge in [-0.1, -0.05) is 18.2 Å². The summed E-state index contributed by atoms with van der Waals surface area (Å²) in [6.07, 6.45) is -3.57. The molecule has 1 aromatic heterocycles. The maximum absolute atomic E-state index is 13.1. The Labute approximate surface area is 187 Å². The molecule has 11 heteroatoms. The van der Waals surface area contributed by atoms with Gasteiger partial charge in [0, 0.05) is 18.5 Å². The Kier molecular flexibility index (Phi) is 6.75. The highest BCUT2D eigenvalue weighted by Gasteiger charge is 2.31. The molecule has 3 rings (SSSR count). The summed E-state index contributed by atoms with van der Waals surface area (Å²) in [6.45, 7) is -0.659. The third kappa shape index (κ3) is 5.49. The van der Waals surface area contributed by atoms with Gasteiger partial charge in [-0.3, -0.25) is 14.2 Å². The first kappa shape index (κ1) is 24.2. The number of aliphatic hydroxyl groups excluding tert-OH is 1. The molecule has 0 saturated heterocycles. The monoisotopic (exact) mass is 480 g/mol. The second kappa shape index (κ2) is 9.20. The maximum Gasteiger partial charge on any atom is 0.416 e. The lowest BCUT2D eigenvalue weighted by atomic mass is 10.1. The van der Waals surface area contributed by atoms with E-state index in [0.29, 0.717) is 5.56 Å². The lowest BCUT2D eigenvalue weighted by Crippen LogP contribution is -2.33. The van der Waals surface area contributed by atoms with Gasteiger partial charge in [-0.2, -0.15) is 13.2 Å². The van der Waals surface area contributed by atoms with Crippen molar-refractivity contribution in [1.29, 1.82) is 0 Å². The van der Waals surface area contributed by atoms with Crippen LogP contribution in [0.2, 0.25) is 0 Å². The molecule has 0 bridgehead atoms. The summed E-state index contributed by atoms with van der Waals surface area (Å²) in [5, 5.41) is 12.1. The largest absolute Gasteiger partial charge is 0.416 e. The quantitative estimate of drug-likeness (QED) is 0.565. The van der Waals surface area contributed by atoms with E-state index in [9.17, 15) is 36.3 Å². The molecule has 0 atom stereocenters. The molecule has 2 aromatic carbocycles. The Bertz CT molecular complexity index is 1350. The zero-order chi connectivity index (χ0) is 24.4. The van der Waals surface area contributed by atoms with Crippen molar-refractivity contribution in [2.45, 2.75) is 24.2 Å². The van der Waals surface area contributed by atoms with Gasteiger partial charge < -0.3 is 10.4 Å². The van der Waals surface area contributed by atoms with Crippen LogP contribution in [-0.2, 0) is 29.2 Å². The van der Waals surface area contributed by atoms with E-state index in [2.05, 4.69) is 5.32 Å². The number of hydrogen-bond donors (Lipinski definition) is 2. The summed E-state index contributed by atoms with van der Waals surface area (Å²) in [5.74, 6) is -0.780. The first-order chi connectivity index (χ1) is 15.4. The van der Waals surface area contributed by atoms with Crippen molar-refractivity contribution >= 4 is 15.7 Å². The smallest absolute Gasteiger partial charge is 0.390 e. The van der Waals surface area contributed by atoms with Crippen LogP contribution in [0, 0.1) is 0 Å². The number of nitrogens with one attached hydrogen (secondary N) is 1. The number of nitrogens with zero attached hydrogens (tertiary/aromatic N) is 1. The third-order valence-electron chi connectivity index (χ3n) is 4.81. The van der Waals surface area contributed by atoms with Crippen LogP contribution in [-0.4, -0.2) is 30.3 Å². The van der Waals surface area contributed by atoms with Crippen LogP contribution in [0.3, 0.4) is 0 Å². The zero-order valence-electron chi connectivity index (χ0n) is 17.3. The predicted molar refractivity (Wildman–Crippen MR) is 114 cm³/mol. The number of halogens is 3. The first-order valence-corrected chi connectivity index (χ1v) is 11.4. The molecule has 174 valence electrons. The number of amides is 1. The highest BCUT2D eigenvalue weighted by Crippen LogP contribution is 2.30. The SMILES string of the molecule is CS(=O)(=O)c1ccc(CNC(=O)c2ccc(CO)n(-c3cccc(C(F)(F)F)c3)c2=O)cc1. The van der Waals surface area contributed by atoms with Crippen molar-refractivity contribution < 1.29 is 31.5 Å². The molecular weight excluding hydrogens is 461 g/mol.